The van der Waals surface area contributed by atoms with Crippen molar-refractivity contribution >= 4 is 29.3 Å². The van der Waals surface area contributed by atoms with Crippen LogP contribution in [0.25, 0.3) is 0 Å². The van der Waals surface area contributed by atoms with Gasteiger partial charge in [-0.3, -0.25) is 4.79 Å². The smallest absolute Gasteiger partial charge is 0.232 e. The Morgan fingerprint density at radius 3 is 2.74 bits per heavy atom. The minimum atomic E-state index is -0.859. The molecule has 0 saturated carbocycles. The third kappa shape index (κ3) is 6.85. The SMILES string of the molecule is CN(CC(C)(C)O)C(=O)CSCc1cccc(Cl)c1. The fourth-order valence-corrected chi connectivity index (χ4v) is 2.79. The van der Waals surface area contributed by atoms with E-state index in [-0.39, 0.29) is 5.91 Å². The van der Waals surface area contributed by atoms with E-state index < -0.39 is 5.60 Å². The lowest BCUT2D eigenvalue weighted by Gasteiger charge is -2.25. The van der Waals surface area contributed by atoms with E-state index in [4.69, 9.17) is 11.6 Å². The van der Waals surface area contributed by atoms with Crippen molar-refractivity contribution in [2.45, 2.75) is 25.2 Å². The number of halogens is 1. The Hall–Kier alpha value is -0.710. The van der Waals surface area contributed by atoms with Crippen LogP contribution in [0.15, 0.2) is 24.3 Å². The first-order valence-electron chi connectivity index (χ1n) is 6.06. The summed E-state index contributed by atoms with van der Waals surface area (Å²) >= 11 is 7.44. The quantitative estimate of drug-likeness (QED) is 0.878. The summed E-state index contributed by atoms with van der Waals surface area (Å²) in [4.78, 5) is 13.4. The Labute approximate surface area is 123 Å². The molecule has 1 amide bonds. The summed E-state index contributed by atoms with van der Waals surface area (Å²) in [6.45, 7) is 3.72. The van der Waals surface area contributed by atoms with Gasteiger partial charge in [-0.15, -0.1) is 11.8 Å². The molecule has 0 aliphatic carbocycles. The van der Waals surface area contributed by atoms with E-state index in [1.807, 2.05) is 24.3 Å². The lowest BCUT2D eigenvalue weighted by Crippen LogP contribution is -2.40. The number of nitrogens with zero attached hydrogens (tertiary/aromatic N) is 1. The number of benzene rings is 1. The first-order chi connectivity index (χ1) is 8.78. The first kappa shape index (κ1) is 16.3. The molecule has 1 rings (SSSR count). The first-order valence-corrected chi connectivity index (χ1v) is 7.60. The van der Waals surface area contributed by atoms with Crippen LogP contribution in [-0.2, 0) is 10.5 Å². The molecule has 0 aromatic heterocycles. The summed E-state index contributed by atoms with van der Waals surface area (Å²) in [7, 11) is 1.71. The molecule has 0 heterocycles. The van der Waals surface area contributed by atoms with E-state index in [9.17, 15) is 9.90 Å². The van der Waals surface area contributed by atoms with Gasteiger partial charge >= 0.3 is 0 Å². The Morgan fingerprint density at radius 2 is 2.16 bits per heavy atom. The molecule has 1 N–H and O–H groups in total. The average Bonchev–Trinajstić information content (AvgIpc) is 2.26. The Bertz CT molecular complexity index is 432. The molecule has 3 nitrogen and oxygen atoms in total. The third-order valence-corrected chi connectivity index (χ3v) is 3.66. The van der Waals surface area contributed by atoms with Gasteiger partial charge in [-0.1, -0.05) is 23.7 Å². The van der Waals surface area contributed by atoms with Crippen molar-refractivity contribution in [2.75, 3.05) is 19.3 Å². The molecule has 0 saturated heterocycles. The molecule has 1 aromatic carbocycles. The molecule has 0 aliphatic rings. The second-order valence-corrected chi connectivity index (χ2v) is 6.61. The van der Waals surface area contributed by atoms with Gasteiger partial charge in [-0.2, -0.15) is 0 Å². The fourth-order valence-electron chi connectivity index (χ4n) is 1.66. The topological polar surface area (TPSA) is 40.5 Å². The van der Waals surface area contributed by atoms with Crippen LogP contribution in [0.4, 0.5) is 0 Å². The monoisotopic (exact) mass is 301 g/mol. The summed E-state index contributed by atoms with van der Waals surface area (Å²) in [5.74, 6) is 1.18. The van der Waals surface area contributed by atoms with Crippen molar-refractivity contribution in [2.24, 2.45) is 0 Å². The van der Waals surface area contributed by atoms with Gasteiger partial charge in [0.25, 0.3) is 0 Å². The maximum atomic E-state index is 11.8. The normalized spacial score (nSPS) is 11.4. The zero-order chi connectivity index (χ0) is 14.5. The van der Waals surface area contributed by atoms with E-state index in [0.29, 0.717) is 17.3 Å². The van der Waals surface area contributed by atoms with Gasteiger partial charge in [0.05, 0.1) is 11.4 Å². The van der Waals surface area contributed by atoms with Crippen molar-refractivity contribution < 1.29 is 9.90 Å². The van der Waals surface area contributed by atoms with Gasteiger partial charge in [0.15, 0.2) is 0 Å². The van der Waals surface area contributed by atoms with E-state index in [1.54, 1.807) is 37.6 Å². The number of thioether (sulfide) groups is 1. The number of carbonyl (C=O) groups excluding carboxylic acids is 1. The summed E-state index contributed by atoms with van der Waals surface area (Å²) in [6.07, 6.45) is 0. The summed E-state index contributed by atoms with van der Waals surface area (Å²) in [5.41, 5.74) is 0.248. The Morgan fingerprint density at radius 1 is 1.47 bits per heavy atom. The fraction of sp³-hybridized carbons (Fsp3) is 0.500. The van der Waals surface area contributed by atoms with Crippen LogP contribution in [0.1, 0.15) is 19.4 Å². The van der Waals surface area contributed by atoms with E-state index in [0.717, 1.165) is 11.3 Å². The standard InChI is InChI=1S/C14H20ClNO2S/c1-14(2,18)10-16(3)13(17)9-19-8-11-5-4-6-12(15)7-11/h4-7,18H,8-10H2,1-3H3. The molecular formula is C14H20ClNO2S. The second-order valence-electron chi connectivity index (χ2n) is 5.18. The molecule has 0 bridgehead atoms. The molecule has 5 heteroatoms. The Kier molecular flexibility index (Phi) is 6.17. The van der Waals surface area contributed by atoms with Crippen LogP contribution in [0, 0.1) is 0 Å². The second kappa shape index (κ2) is 7.17. The zero-order valence-corrected chi connectivity index (χ0v) is 13.1. The van der Waals surface area contributed by atoms with Gasteiger partial charge < -0.3 is 10.0 Å². The van der Waals surface area contributed by atoms with Crippen LogP contribution in [0.2, 0.25) is 5.02 Å². The van der Waals surface area contributed by atoms with Gasteiger partial charge in [0, 0.05) is 24.4 Å². The van der Waals surface area contributed by atoms with Gasteiger partial charge in [0.2, 0.25) is 5.91 Å². The number of rotatable bonds is 6. The highest BCUT2D eigenvalue weighted by Crippen LogP contribution is 2.17. The van der Waals surface area contributed by atoms with Crippen molar-refractivity contribution in [3.63, 3.8) is 0 Å². The van der Waals surface area contributed by atoms with Crippen molar-refractivity contribution in [1.82, 2.24) is 4.90 Å². The van der Waals surface area contributed by atoms with E-state index in [2.05, 4.69) is 0 Å². The zero-order valence-electron chi connectivity index (χ0n) is 11.5. The molecule has 0 spiro atoms. The third-order valence-electron chi connectivity index (χ3n) is 2.43. The van der Waals surface area contributed by atoms with Gasteiger partial charge in [0.1, 0.15) is 0 Å². The molecular weight excluding hydrogens is 282 g/mol. The molecule has 106 valence electrons. The van der Waals surface area contributed by atoms with Gasteiger partial charge in [-0.05, 0) is 31.5 Å². The molecule has 19 heavy (non-hydrogen) atoms. The van der Waals surface area contributed by atoms with Crippen LogP contribution >= 0.6 is 23.4 Å². The maximum absolute atomic E-state index is 11.8. The highest BCUT2D eigenvalue weighted by atomic mass is 35.5. The predicted octanol–water partition coefficient (Wildman–Crippen LogP) is 2.80. The van der Waals surface area contributed by atoms with Crippen LogP contribution < -0.4 is 0 Å². The van der Waals surface area contributed by atoms with E-state index >= 15 is 0 Å². The van der Waals surface area contributed by atoms with E-state index in [1.165, 1.54) is 0 Å². The lowest BCUT2D eigenvalue weighted by atomic mass is 10.1. The molecule has 0 aliphatic heterocycles. The summed E-state index contributed by atoms with van der Waals surface area (Å²) < 4.78 is 0. The van der Waals surface area contributed by atoms with Crippen LogP contribution in [-0.4, -0.2) is 40.9 Å². The average molecular weight is 302 g/mol. The number of likely N-dealkylation sites (N-methyl/N-ethyl adjacent to an activating group) is 1. The summed E-state index contributed by atoms with van der Waals surface area (Å²) in [6, 6.07) is 7.63. The predicted molar refractivity (Wildman–Crippen MR) is 81.5 cm³/mol. The number of carbonyl (C=O) groups is 1. The maximum Gasteiger partial charge on any atom is 0.232 e. The summed E-state index contributed by atoms with van der Waals surface area (Å²) in [5, 5.41) is 10.4. The van der Waals surface area contributed by atoms with Crippen molar-refractivity contribution in [3.05, 3.63) is 34.9 Å². The lowest BCUT2D eigenvalue weighted by molar-refractivity contribution is -0.129. The van der Waals surface area contributed by atoms with Crippen molar-refractivity contribution in [1.29, 1.82) is 0 Å². The molecule has 0 radical (unpaired) electrons. The van der Waals surface area contributed by atoms with Gasteiger partial charge in [-0.25, -0.2) is 0 Å². The van der Waals surface area contributed by atoms with Crippen LogP contribution in [0.5, 0.6) is 0 Å². The molecule has 0 atom stereocenters. The molecule has 0 unspecified atom stereocenters. The number of aliphatic hydroxyl groups is 1. The highest BCUT2D eigenvalue weighted by molar-refractivity contribution is 7.99. The number of amides is 1. The van der Waals surface area contributed by atoms with Crippen LogP contribution in [0.3, 0.4) is 0 Å². The number of hydrogen-bond acceptors (Lipinski definition) is 3. The highest BCUT2D eigenvalue weighted by Gasteiger charge is 2.18. The minimum Gasteiger partial charge on any atom is -0.389 e. The largest absolute Gasteiger partial charge is 0.389 e. The number of hydrogen-bond donors (Lipinski definition) is 1. The Balaban J connectivity index is 2.35. The molecule has 1 aromatic rings. The van der Waals surface area contributed by atoms with Crippen molar-refractivity contribution in [3.8, 4) is 0 Å². The molecule has 0 fully saturated rings. The minimum absolute atomic E-state index is 0.0224.